The summed E-state index contributed by atoms with van der Waals surface area (Å²) in [5.74, 6) is 0.873. The minimum atomic E-state index is 0.0645. The third-order valence-electron chi connectivity index (χ3n) is 2.69. The van der Waals surface area contributed by atoms with E-state index < -0.39 is 0 Å². The van der Waals surface area contributed by atoms with Crippen LogP contribution >= 0.6 is 0 Å². The average Bonchev–Trinajstić information content (AvgIpc) is 2.37. The van der Waals surface area contributed by atoms with Crippen LogP contribution < -0.4 is 10.1 Å². The van der Waals surface area contributed by atoms with Crippen LogP contribution in [-0.4, -0.2) is 18.6 Å². The van der Waals surface area contributed by atoms with Crippen LogP contribution in [0.25, 0.3) is 0 Å². The molecule has 1 rings (SSSR count). The fourth-order valence-corrected chi connectivity index (χ4v) is 1.57. The van der Waals surface area contributed by atoms with Crippen molar-refractivity contribution >= 4 is 5.91 Å². The van der Waals surface area contributed by atoms with Crippen molar-refractivity contribution in [3.63, 3.8) is 0 Å². The van der Waals surface area contributed by atoms with Gasteiger partial charge in [-0.25, -0.2) is 0 Å². The summed E-state index contributed by atoms with van der Waals surface area (Å²) >= 11 is 0. The predicted octanol–water partition coefficient (Wildman–Crippen LogP) is 2.76. The molecule has 0 spiro atoms. The largest absolute Gasteiger partial charge is 0.493 e. The molecule has 17 heavy (non-hydrogen) atoms. The molecule has 1 N–H and O–H groups in total. The molecular formula is C14H21NO2. The Labute approximate surface area is 103 Å². The lowest BCUT2D eigenvalue weighted by Crippen LogP contribution is -2.34. The number of carbonyl (C=O) groups excluding carboxylic acids is 1. The van der Waals surface area contributed by atoms with E-state index in [4.69, 9.17) is 4.74 Å². The van der Waals surface area contributed by atoms with Crippen molar-refractivity contribution in [3.8, 4) is 5.75 Å². The van der Waals surface area contributed by atoms with Crippen molar-refractivity contribution < 1.29 is 9.53 Å². The number of carbonyl (C=O) groups is 1. The van der Waals surface area contributed by atoms with Gasteiger partial charge in [-0.05, 0) is 25.0 Å². The molecule has 94 valence electrons. The molecule has 1 aromatic carbocycles. The fraction of sp³-hybridized carbons (Fsp3) is 0.500. The van der Waals surface area contributed by atoms with Gasteiger partial charge in [-0.1, -0.05) is 32.0 Å². The molecular weight excluding hydrogens is 214 g/mol. The highest BCUT2D eigenvalue weighted by Gasteiger charge is 2.07. The Morgan fingerprint density at radius 3 is 2.47 bits per heavy atom. The standard InChI is InChI=1S/C14H21NO2/c1-3-12(4-2)15-14(16)10-11-17-13-8-6-5-7-9-13/h5-9,12H,3-4,10-11H2,1-2H3,(H,15,16). The van der Waals surface area contributed by atoms with Crippen molar-refractivity contribution in [1.82, 2.24) is 5.32 Å². The third kappa shape index (κ3) is 5.38. The van der Waals surface area contributed by atoms with E-state index in [-0.39, 0.29) is 5.91 Å². The first-order valence-electron chi connectivity index (χ1n) is 6.23. The second-order valence-corrected chi connectivity index (χ2v) is 3.99. The van der Waals surface area contributed by atoms with Crippen LogP contribution in [0.1, 0.15) is 33.1 Å². The van der Waals surface area contributed by atoms with E-state index in [0.29, 0.717) is 19.1 Å². The summed E-state index contributed by atoms with van der Waals surface area (Å²) in [5.41, 5.74) is 0. The molecule has 1 amide bonds. The van der Waals surface area contributed by atoms with Gasteiger partial charge >= 0.3 is 0 Å². The van der Waals surface area contributed by atoms with Crippen LogP contribution in [0.15, 0.2) is 30.3 Å². The molecule has 1 aromatic rings. The van der Waals surface area contributed by atoms with Crippen LogP contribution in [-0.2, 0) is 4.79 Å². The van der Waals surface area contributed by atoms with Gasteiger partial charge in [0, 0.05) is 6.04 Å². The van der Waals surface area contributed by atoms with E-state index >= 15 is 0 Å². The van der Waals surface area contributed by atoms with Gasteiger partial charge in [-0.2, -0.15) is 0 Å². The molecule has 0 atom stereocenters. The maximum absolute atomic E-state index is 11.6. The number of hydrogen-bond acceptors (Lipinski definition) is 2. The van der Waals surface area contributed by atoms with Gasteiger partial charge in [0.15, 0.2) is 0 Å². The number of hydrogen-bond donors (Lipinski definition) is 1. The number of benzene rings is 1. The smallest absolute Gasteiger partial charge is 0.223 e. The van der Waals surface area contributed by atoms with E-state index in [1.807, 2.05) is 30.3 Å². The highest BCUT2D eigenvalue weighted by atomic mass is 16.5. The minimum absolute atomic E-state index is 0.0645. The predicted molar refractivity (Wildman–Crippen MR) is 69.1 cm³/mol. The summed E-state index contributed by atoms with van der Waals surface area (Å²) in [6.07, 6.45) is 2.36. The highest BCUT2D eigenvalue weighted by Crippen LogP contribution is 2.08. The van der Waals surface area contributed by atoms with Crippen LogP contribution in [0.2, 0.25) is 0 Å². The third-order valence-corrected chi connectivity index (χ3v) is 2.69. The summed E-state index contributed by atoms with van der Waals surface area (Å²) in [4.78, 5) is 11.6. The Kier molecular flexibility index (Phi) is 6.15. The zero-order valence-electron chi connectivity index (χ0n) is 10.6. The van der Waals surface area contributed by atoms with Crippen LogP contribution in [0.3, 0.4) is 0 Å². The zero-order chi connectivity index (χ0) is 12.5. The maximum Gasteiger partial charge on any atom is 0.223 e. The quantitative estimate of drug-likeness (QED) is 0.789. The van der Waals surface area contributed by atoms with Crippen molar-refractivity contribution in [1.29, 1.82) is 0 Å². The lowest BCUT2D eigenvalue weighted by atomic mass is 10.1. The second-order valence-electron chi connectivity index (χ2n) is 3.99. The van der Waals surface area contributed by atoms with Gasteiger partial charge in [-0.3, -0.25) is 4.79 Å². The molecule has 0 saturated heterocycles. The van der Waals surface area contributed by atoms with E-state index in [1.165, 1.54) is 0 Å². The van der Waals surface area contributed by atoms with E-state index in [1.54, 1.807) is 0 Å². The van der Waals surface area contributed by atoms with Crippen LogP contribution in [0, 0.1) is 0 Å². The molecule has 0 aliphatic rings. The minimum Gasteiger partial charge on any atom is -0.493 e. The highest BCUT2D eigenvalue weighted by molar-refractivity contribution is 5.76. The SMILES string of the molecule is CCC(CC)NC(=O)CCOc1ccccc1. The molecule has 0 heterocycles. The number of amides is 1. The monoisotopic (exact) mass is 235 g/mol. The van der Waals surface area contributed by atoms with Crippen molar-refractivity contribution in [2.24, 2.45) is 0 Å². The van der Waals surface area contributed by atoms with Gasteiger partial charge in [0.2, 0.25) is 5.91 Å². The fourth-order valence-electron chi connectivity index (χ4n) is 1.57. The van der Waals surface area contributed by atoms with Crippen molar-refractivity contribution in [2.45, 2.75) is 39.2 Å². The Morgan fingerprint density at radius 2 is 1.88 bits per heavy atom. The van der Waals surface area contributed by atoms with Crippen LogP contribution in [0.4, 0.5) is 0 Å². The first-order valence-corrected chi connectivity index (χ1v) is 6.23. The molecule has 0 fully saturated rings. The molecule has 0 unspecified atom stereocenters. The zero-order valence-corrected chi connectivity index (χ0v) is 10.6. The van der Waals surface area contributed by atoms with E-state index in [9.17, 15) is 4.79 Å². The number of para-hydroxylation sites is 1. The summed E-state index contributed by atoms with van der Waals surface area (Å²) in [6, 6.07) is 9.84. The number of ether oxygens (including phenoxy) is 1. The lowest BCUT2D eigenvalue weighted by Gasteiger charge is -2.14. The second kappa shape index (κ2) is 7.71. The molecule has 3 nitrogen and oxygen atoms in total. The Bertz CT molecular complexity index is 320. The van der Waals surface area contributed by atoms with Crippen LogP contribution in [0.5, 0.6) is 5.75 Å². The van der Waals surface area contributed by atoms with Crippen molar-refractivity contribution in [2.75, 3.05) is 6.61 Å². The molecule has 0 bridgehead atoms. The van der Waals surface area contributed by atoms with E-state index in [2.05, 4.69) is 19.2 Å². The maximum atomic E-state index is 11.6. The van der Waals surface area contributed by atoms with E-state index in [0.717, 1.165) is 18.6 Å². The molecule has 0 aliphatic carbocycles. The van der Waals surface area contributed by atoms with Gasteiger partial charge in [0.25, 0.3) is 0 Å². The Balaban J connectivity index is 2.20. The molecule has 0 radical (unpaired) electrons. The summed E-state index contributed by atoms with van der Waals surface area (Å²) in [7, 11) is 0. The summed E-state index contributed by atoms with van der Waals surface area (Å²) in [5, 5.41) is 2.98. The first kappa shape index (κ1) is 13.6. The average molecular weight is 235 g/mol. The molecule has 3 heteroatoms. The normalized spacial score (nSPS) is 10.3. The molecule has 0 aliphatic heterocycles. The van der Waals surface area contributed by atoms with Gasteiger partial charge < -0.3 is 10.1 Å². The van der Waals surface area contributed by atoms with Gasteiger partial charge in [0.05, 0.1) is 13.0 Å². The Hall–Kier alpha value is -1.51. The van der Waals surface area contributed by atoms with Gasteiger partial charge in [-0.15, -0.1) is 0 Å². The van der Waals surface area contributed by atoms with Crippen molar-refractivity contribution in [3.05, 3.63) is 30.3 Å². The first-order chi connectivity index (χ1) is 8.26. The number of rotatable bonds is 7. The topological polar surface area (TPSA) is 38.3 Å². The molecule has 0 saturated carbocycles. The molecule has 0 aromatic heterocycles. The number of nitrogens with one attached hydrogen (secondary N) is 1. The summed E-state index contributed by atoms with van der Waals surface area (Å²) < 4.78 is 5.46. The summed E-state index contributed by atoms with van der Waals surface area (Å²) in [6.45, 7) is 4.58. The van der Waals surface area contributed by atoms with Gasteiger partial charge in [0.1, 0.15) is 5.75 Å². The Morgan fingerprint density at radius 1 is 1.24 bits per heavy atom. The lowest BCUT2D eigenvalue weighted by molar-refractivity contribution is -0.122.